The van der Waals surface area contributed by atoms with Gasteiger partial charge < -0.3 is 15.0 Å². The van der Waals surface area contributed by atoms with E-state index in [0.29, 0.717) is 37.3 Å². The second-order valence-electron chi connectivity index (χ2n) is 10.3. The Morgan fingerprint density at radius 2 is 1.78 bits per heavy atom. The SMILES string of the molecule is C[C@@H]1Cc2c([nH]c3ccccc23)C(c2c(F)cc([C@H](O)CCN3CC(CF)C3)cc2F)N1CC(F)(F)F. The van der Waals surface area contributed by atoms with E-state index < -0.39 is 54.8 Å². The van der Waals surface area contributed by atoms with Crippen molar-refractivity contribution in [2.75, 3.05) is 32.9 Å². The summed E-state index contributed by atoms with van der Waals surface area (Å²) in [6.07, 6.45) is -5.24. The first-order valence-corrected chi connectivity index (χ1v) is 12.4. The van der Waals surface area contributed by atoms with E-state index in [1.165, 1.54) is 0 Å². The monoisotopic (exact) mass is 525 g/mol. The van der Waals surface area contributed by atoms with Crippen LogP contribution in [0.2, 0.25) is 0 Å². The van der Waals surface area contributed by atoms with Gasteiger partial charge in [0, 0.05) is 53.8 Å². The zero-order valence-electron chi connectivity index (χ0n) is 20.3. The fourth-order valence-electron chi connectivity index (χ4n) is 5.76. The number of aromatic amines is 1. The Morgan fingerprint density at radius 3 is 2.43 bits per heavy atom. The number of halogens is 6. The van der Waals surface area contributed by atoms with E-state index in [1.807, 2.05) is 17.0 Å². The zero-order valence-corrected chi connectivity index (χ0v) is 20.3. The number of aliphatic hydroxyl groups excluding tert-OH is 1. The maximum Gasteiger partial charge on any atom is 0.401 e. The van der Waals surface area contributed by atoms with Crippen molar-refractivity contribution in [3.63, 3.8) is 0 Å². The largest absolute Gasteiger partial charge is 0.401 e. The molecule has 2 aromatic carbocycles. The molecule has 37 heavy (non-hydrogen) atoms. The van der Waals surface area contributed by atoms with Gasteiger partial charge in [-0.2, -0.15) is 13.2 Å². The summed E-state index contributed by atoms with van der Waals surface area (Å²) in [7, 11) is 0. The van der Waals surface area contributed by atoms with Crippen LogP contribution >= 0.6 is 0 Å². The molecule has 2 N–H and O–H groups in total. The van der Waals surface area contributed by atoms with Crippen LogP contribution in [0.5, 0.6) is 0 Å². The van der Waals surface area contributed by atoms with Gasteiger partial charge in [0.15, 0.2) is 0 Å². The highest BCUT2D eigenvalue weighted by Crippen LogP contribution is 2.44. The Hall–Kier alpha value is -2.56. The molecule has 3 atom stereocenters. The molecule has 200 valence electrons. The van der Waals surface area contributed by atoms with Gasteiger partial charge >= 0.3 is 6.18 Å². The molecule has 1 saturated heterocycles. The molecule has 5 rings (SSSR count). The summed E-state index contributed by atoms with van der Waals surface area (Å²) in [5.41, 5.74) is 1.32. The third-order valence-corrected chi connectivity index (χ3v) is 7.61. The number of rotatable bonds is 7. The Kier molecular flexibility index (Phi) is 7.02. The minimum absolute atomic E-state index is 0.0154. The molecule has 1 aromatic heterocycles. The third-order valence-electron chi connectivity index (χ3n) is 7.61. The lowest BCUT2D eigenvalue weighted by Crippen LogP contribution is -2.48. The van der Waals surface area contributed by atoms with E-state index in [4.69, 9.17) is 0 Å². The number of likely N-dealkylation sites (tertiary alicyclic amines) is 1. The summed E-state index contributed by atoms with van der Waals surface area (Å²) in [6.45, 7) is 1.49. The van der Waals surface area contributed by atoms with Crippen molar-refractivity contribution in [2.45, 2.75) is 44.1 Å². The van der Waals surface area contributed by atoms with E-state index in [-0.39, 0.29) is 17.9 Å². The normalized spacial score (nSPS) is 22.3. The van der Waals surface area contributed by atoms with Crippen molar-refractivity contribution in [3.8, 4) is 0 Å². The standard InChI is InChI=1S/C27H29F6N3O/c1-15-8-19-18-4-2-3-5-22(18)34-25(19)26(36(15)14-27(31,32)33)24-20(29)9-17(10-21(24)30)23(37)6-7-35-12-16(11-28)13-35/h2-5,9-10,15-16,23,26,34,37H,6-8,11-14H2,1H3/t15-,23-,26?/m1/s1. The van der Waals surface area contributed by atoms with Gasteiger partial charge in [-0.25, -0.2) is 8.78 Å². The van der Waals surface area contributed by atoms with Crippen molar-refractivity contribution < 1.29 is 31.4 Å². The first-order chi connectivity index (χ1) is 17.6. The van der Waals surface area contributed by atoms with Gasteiger partial charge in [0.1, 0.15) is 11.6 Å². The minimum Gasteiger partial charge on any atom is -0.388 e. The number of benzene rings is 2. The molecular weight excluding hydrogens is 496 g/mol. The predicted molar refractivity (Wildman–Crippen MR) is 128 cm³/mol. The van der Waals surface area contributed by atoms with E-state index in [1.54, 1.807) is 19.1 Å². The molecule has 0 bridgehead atoms. The minimum atomic E-state index is -4.57. The van der Waals surface area contributed by atoms with E-state index >= 15 is 8.78 Å². The van der Waals surface area contributed by atoms with E-state index in [2.05, 4.69) is 4.98 Å². The molecular formula is C27H29F6N3O. The molecule has 1 fully saturated rings. The zero-order chi connectivity index (χ0) is 26.5. The summed E-state index contributed by atoms with van der Waals surface area (Å²) >= 11 is 0. The lowest BCUT2D eigenvalue weighted by Gasteiger charge is -2.41. The Bertz CT molecular complexity index is 1250. The number of hydrogen-bond donors (Lipinski definition) is 2. The van der Waals surface area contributed by atoms with E-state index in [0.717, 1.165) is 28.0 Å². The first-order valence-electron chi connectivity index (χ1n) is 12.4. The fourth-order valence-corrected chi connectivity index (χ4v) is 5.76. The van der Waals surface area contributed by atoms with Crippen LogP contribution in [-0.4, -0.2) is 65.0 Å². The van der Waals surface area contributed by atoms with Crippen LogP contribution in [0.15, 0.2) is 36.4 Å². The number of hydrogen-bond acceptors (Lipinski definition) is 3. The predicted octanol–water partition coefficient (Wildman–Crippen LogP) is 5.67. The molecule has 3 aromatic rings. The molecule has 10 heteroatoms. The maximum atomic E-state index is 15.6. The van der Waals surface area contributed by atoms with Crippen molar-refractivity contribution in [1.82, 2.24) is 14.8 Å². The lowest BCUT2D eigenvalue weighted by molar-refractivity contribution is -0.155. The van der Waals surface area contributed by atoms with Crippen LogP contribution < -0.4 is 0 Å². The van der Waals surface area contributed by atoms with Gasteiger partial charge in [0.25, 0.3) is 0 Å². The van der Waals surface area contributed by atoms with Gasteiger partial charge in [0.2, 0.25) is 0 Å². The Balaban J connectivity index is 1.50. The quantitative estimate of drug-likeness (QED) is 0.391. The topological polar surface area (TPSA) is 42.5 Å². The molecule has 0 radical (unpaired) electrons. The van der Waals surface area contributed by atoms with Gasteiger partial charge in [-0.15, -0.1) is 0 Å². The second kappa shape index (κ2) is 9.96. The van der Waals surface area contributed by atoms with Crippen molar-refractivity contribution in [2.24, 2.45) is 5.92 Å². The number of H-pyrrole nitrogens is 1. The molecule has 4 nitrogen and oxygen atoms in total. The number of nitrogens with zero attached hydrogens (tertiary/aromatic N) is 2. The molecule has 0 aliphatic carbocycles. The number of aromatic nitrogens is 1. The summed E-state index contributed by atoms with van der Waals surface area (Å²) in [5, 5.41) is 11.4. The maximum absolute atomic E-state index is 15.6. The van der Waals surface area contributed by atoms with Crippen LogP contribution in [0.3, 0.4) is 0 Å². The number of aliphatic hydroxyl groups is 1. The molecule has 2 aliphatic heterocycles. The smallest absolute Gasteiger partial charge is 0.388 e. The van der Waals surface area contributed by atoms with Crippen LogP contribution in [0.1, 0.15) is 47.9 Å². The van der Waals surface area contributed by atoms with E-state index in [9.17, 15) is 22.7 Å². The first kappa shape index (κ1) is 26.1. The van der Waals surface area contributed by atoms with Crippen LogP contribution in [0, 0.1) is 17.6 Å². The molecule has 3 heterocycles. The summed E-state index contributed by atoms with van der Waals surface area (Å²) < 4.78 is 84.6. The highest BCUT2D eigenvalue weighted by Gasteiger charge is 2.44. The average Bonchev–Trinajstić information content (AvgIpc) is 3.16. The summed E-state index contributed by atoms with van der Waals surface area (Å²) in [4.78, 5) is 6.16. The highest BCUT2D eigenvalue weighted by molar-refractivity contribution is 5.85. The number of fused-ring (bicyclic) bond motifs is 3. The fraction of sp³-hybridized carbons (Fsp3) is 0.481. The molecule has 0 saturated carbocycles. The van der Waals surface area contributed by atoms with Gasteiger partial charge in [0.05, 0.1) is 25.4 Å². The number of para-hydroxylation sites is 1. The summed E-state index contributed by atoms with van der Waals surface area (Å²) in [6, 6.07) is 7.29. The van der Waals surface area contributed by atoms with Crippen LogP contribution in [0.4, 0.5) is 26.3 Å². The highest BCUT2D eigenvalue weighted by atomic mass is 19.4. The average molecular weight is 526 g/mol. The van der Waals surface area contributed by atoms with Crippen molar-refractivity contribution in [3.05, 3.63) is 70.4 Å². The lowest BCUT2D eigenvalue weighted by atomic mass is 9.87. The van der Waals surface area contributed by atoms with Crippen LogP contribution in [0.25, 0.3) is 10.9 Å². The molecule has 0 spiro atoms. The van der Waals surface area contributed by atoms with Crippen LogP contribution in [-0.2, 0) is 6.42 Å². The Morgan fingerprint density at radius 1 is 1.11 bits per heavy atom. The number of nitrogens with one attached hydrogen (secondary N) is 1. The molecule has 1 unspecified atom stereocenters. The van der Waals surface area contributed by atoms with Crippen molar-refractivity contribution in [1.29, 1.82) is 0 Å². The molecule has 0 amide bonds. The van der Waals surface area contributed by atoms with Crippen molar-refractivity contribution >= 4 is 10.9 Å². The Labute approximate surface area is 210 Å². The van der Waals surface area contributed by atoms with Gasteiger partial charge in [-0.3, -0.25) is 9.29 Å². The summed E-state index contributed by atoms with van der Waals surface area (Å²) in [5.74, 6) is -2.03. The van der Waals surface area contributed by atoms with Gasteiger partial charge in [-0.05, 0) is 49.1 Å². The molecule has 2 aliphatic rings. The third kappa shape index (κ3) is 5.11. The second-order valence-corrected chi connectivity index (χ2v) is 10.3. The number of alkyl halides is 4. The van der Waals surface area contributed by atoms with Gasteiger partial charge in [-0.1, -0.05) is 18.2 Å².